The molecule has 0 saturated carbocycles. The second kappa shape index (κ2) is 5.90. The Bertz CT molecular complexity index is 569. The molecule has 1 aromatic carbocycles. The van der Waals surface area contributed by atoms with Crippen molar-refractivity contribution in [2.24, 2.45) is 0 Å². The number of carbonyl (C=O) groups is 2. The van der Waals surface area contributed by atoms with Crippen LogP contribution < -0.4 is 0 Å². The first kappa shape index (κ1) is 15.0. The summed E-state index contributed by atoms with van der Waals surface area (Å²) >= 11 is 0. The largest absolute Gasteiger partial charge is 0.467 e. The Kier molecular flexibility index (Phi) is 4.21. The van der Waals surface area contributed by atoms with Gasteiger partial charge in [0.1, 0.15) is 6.04 Å². The van der Waals surface area contributed by atoms with Crippen LogP contribution in [0.4, 0.5) is 5.69 Å². The van der Waals surface area contributed by atoms with Gasteiger partial charge in [0, 0.05) is 18.6 Å². The third-order valence-electron chi connectivity index (χ3n) is 3.73. The van der Waals surface area contributed by atoms with Gasteiger partial charge in [0.25, 0.3) is 5.69 Å². The first-order valence-electron chi connectivity index (χ1n) is 6.59. The van der Waals surface area contributed by atoms with Gasteiger partial charge in [-0.3, -0.25) is 14.9 Å². The first-order valence-corrected chi connectivity index (χ1v) is 6.59. The number of amides is 1. The van der Waals surface area contributed by atoms with Crippen molar-refractivity contribution in [2.75, 3.05) is 7.11 Å². The molecule has 0 N–H and O–H groups in total. The van der Waals surface area contributed by atoms with E-state index in [-0.39, 0.29) is 17.6 Å². The number of nitro groups is 1. The lowest BCUT2D eigenvalue weighted by atomic mass is 10.1. The topological polar surface area (TPSA) is 89.8 Å². The molecule has 2 atom stereocenters. The number of hydrogen-bond acceptors (Lipinski definition) is 5. The first-order chi connectivity index (χ1) is 9.95. The average Bonchev–Trinajstić information content (AvgIpc) is 2.87. The van der Waals surface area contributed by atoms with Crippen LogP contribution in [0.5, 0.6) is 0 Å². The van der Waals surface area contributed by atoms with Crippen molar-refractivity contribution < 1.29 is 19.2 Å². The van der Waals surface area contributed by atoms with Gasteiger partial charge in [-0.2, -0.15) is 0 Å². The molecule has 0 aliphatic carbocycles. The summed E-state index contributed by atoms with van der Waals surface area (Å²) in [6.07, 6.45) is 0.736. The van der Waals surface area contributed by atoms with E-state index in [1.807, 2.05) is 0 Å². The summed E-state index contributed by atoms with van der Waals surface area (Å²) in [4.78, 5) is 35.4. The smallest absolute Gasteiger partial charge is 0.328 e. The van der Waals surface area contributed by atoms with Crippen LogP contribution in [0.15, 0.2) is 24.3 Å². The van der Waals surface area contributed by atoms with Crippen LogP contribution in [0.25, 0.3) is 0 Å². The summed E-state index contributed by atoms with van der Waals surface area (Å²) in [5.74, 6) is -0.550. The molecule has 2 rings (SSSR count). The number of non-ortho nitro benzene ring substituents is 1. The van der Waals surface area contributed by atoms with Crippen LogP contribution in [0.3, 0.4) is 0 Å². The summed E-state index contributed by atoms with van der Waals surface area (Å²) in [6, 6.07) is 5.04. The van der Waals surface area contributed by atoms with Gasteiger partial charge in [-0.1, -0.05) is 12.1 Å². The Morgan fingerprint density at radius 1 is 1.43 bits per heavy atom. The molecule has 0 radical (unpaired) electrons. The van der Waals surface area contributed by atoms with E-state index in [9.17, 15) is 19.7 Å². The van der Waals surface area contributed by atoms with Crippen LogP contribution in [0, 0.1) is 10.1 Å². The van der Waals surface area contributed by atoms with E-state index in [1.54, 1.807) is 19.1 Å². The summed E-state index contributed by atoms with van der Waals surface area (Å²) in [7, 11) is 1.29. The van der Waals surface area contributed by atoms with Crippen molar-refractivity contribution in [3.05, 3.63) is 39.9 Å². The lowest BCUT2D eigenvalue weighted by molar-refractivity contribution is -0.384. The number of benzene rings is 1. The highest BCUT2D eigenvalue weighted by Crippen LogP contribution is 2.31. The number of hydrogen-bond donors (Lipinski definition) is 0. The van der Waals surface area contributed by atoms with Crippen LogP contribution in [0.1, 0.15) is 31.4 Å². The predicted molar refractivity (Wildman–Crippen MR) is 73.4 cm³/mol. The normalized spacial score (nSPS) is 19.4. The minimum atomic E-state index is -0.590. The lowest BCUT2D eigenvalue weighted by Gasteiger charge is -2.29. The summed E-state index contributed by atoms with van der Waals surface area (Å²) in [6.45, 7) is 1.79. The van der Waals surface area contributed by atoms with Crippen LogP contribution in [0.2, 0.25) is 0 Å². The molecular weight excluding hydrogens is 276 g/mol. The minimum Gasteiger partial charge on any atom is -0.467 e. The quantitative estimate of drug-likeness (QED) is 0.479. The molecule has 2 unspecified atom stereocenters. The highest BCUT2D eigenvalue weighted by Gasteiger charge is 2.39. The number of rotatable bonds is 4. The summed E-state index contributed by atoms with van der Waals surface area (Å²) < 4.78 is 4.73. The molecule has 0 aromatic heterocycles. The zero-order valence-electron chi connectivity index (χ0n) is 11.8. The van der Waals surface area contributed by atoms with Crippen molar-refractivity contribution in [2.45, 2.75) is 31.8 Å². The molecule has 0 spiro atoms. The van der Waals surface area contributed by atoms with Crippen molar-refractivity contribution >= 4 is 17.6 Å². The van der Waals surface area contributed by atoms with Gasteiger partial charge in [0.2, 0.25) is 5.91 Å². The number of ether oxygens (including phenoxy) is 1. The van der Waals surface area contributed by atoms with Gasteiger partial charge in [-0.05, 0) is 18.9 Å². The van der Waals surface area contributed by atoms with Crippen LogP contribution in [-0.4, -0.2) is 34.9 Å². The fraction of sp³-hybridized carbons (Fsp3) is 0.429. The fourth-order valence-corrected chi connectivity index (χ4v) is 2.59. The molecule has 21 heavy (non-hydrogen) atoms. The van der Waals surface area contributed by atoms with E-state index >= 15 is 0 Å². The van der Waals surface area contributed by atoms with E-state index in [4.69, 9.17) is 4.74 Å². The van der Waals surface area contributed by atoms with Gasteiger partial charge in [0.05, 0.1) is 18.1 Å². The zero-order chi connectivity index (χ0) is 15.6. The third-order valence-corrected chi connectivity index (χ3v) is 3.73. The van der Waals surface area contributed by atoms with Crippen LogP contribution in [-0.2, 0) is 14.3 Å². The number of likely N-dealkylation sites (tertiary alicyclic amines) is 1. The second-order valence-corrected chi connectivity index (χ2v) is 4.90. The van der Waals surface area contributed by atoms with E-state index in [2.05, 4.69) is 0 Å². The number of methoxy groups -OCH3 is 1. The molecular formula is C14H16N2O5. The molecule has 7 nitrogen and oxygen atoms in total. The number of nitrogens with zero attached hydrogens (tertiary/aromatic N) is 2. The molecule has 0 bridgehead atoms. The fourth-order valence-electron chi connectivity index (χ4n) is 2.59. The summed E-state index contributed by atoms with van der Waals surface area (Å²) in [5, 5.41) is 10.7. The van der Waals surface area contributed by atoms with E-state index in [0.29, 0.717) is 12.8 Å². The Balaban J connectivity index is 2.24. The maximum Gasteiger partial charge on any atom is 0.328 e. The van der Waals surface area contributed by atoms with Crippen molar-refractivity contribution in [3.63, 3.8) is 0 Å². The molecule has 1 aliphatic heterocycles. The third kappa shape index (κ3) is 2.86. The average molecular weight is 292 g/mol. The van der Waals surface area contributed by atoms with Gasteiger partial charge in [-0.25, -0.2) is 4.79 Å². The monoisotopic (exact) mass is 292 g/mol. The zero-order valence-corrected chi connectivity index (χ0v) is 11.8. The minimum absolute atomic E-state index is 0.0109. The lowest BCUT2D eigenvalue weighted by Crippen LogP contribution is -2.40. The van der Waals surface area contributed by atoms with Gasteiger partial charge >= 0.3 is 5.97 Å². The predicted octanol–water partition coefficient (Wildman–Crippen LogP) is 1.82. The van der Waals surface area contributed by atoms with E-state index in [0.717, 1.165) is 5.56 Å². The summed E-state index contributed by atoms with van der Waals surface area (Å²) in [5.41, 5.74) is 0.730. The molecule has 1 fully saturated rings. The van der Waals surface area contributed by atoms with Gasteiger partial charge in [-0.15, -0.1) is 0 Å². The second-order valence-electron chi connectivity index (χ2n) is 4.90. The molecule has 7 heteroatoms. The van der Waals surface area contributed by atoms with Gasteiger partial charge < -0.3 is 9.64 Å². The Hall–Kier alpha value is -2.44. The van der Waals surface area contributed by atoms with Crippen molar-refractivity contribution in [1.82, 2.24) is 4.90 Å². The highest BCUT2D eigenvalue weighted by atomic mass is 16.6. The maximum atomic E-state index is 12.0. The number of nitro benzene ring substituents is 1. The SMILES string of the molecule is COC(=O)C1CCC(=O)N1C(C)c1ccc([N+](=O)[O-])cc1. The van der Waals surface area contributed by atoms with E-state index in [1.165, 1.54) is 24.1 Å². The van der Waals surface area contributed by atoms with E-state index < -0.39 is 16.9 Å². The molecule has 1 saturated heterocycles. The van der Waals surface area contributed by atoms with Gasteiger partial charge in [0.15, 0.2) is 0 Å². The van der Waals surface area contributed by atoms with Crippen molar-refractivity contribution in [3.8, 4) is 0 Å². The molecule has 112 valence electrons. The molecule has 1 aliphatic rings. The van der Waals surface area contributed by atoms with Crippen LogP contribution >= 0.6 is 0 Å². The van der Waals surface area contributed by atoms with Crippen molar-refractivity contribution in [1.29, 1.82) is 0 Å². The molecule has 1 amide bonds. The highest BCUT2D eigenvalue weighted by molar-refractivity contribution is 5.88. The Morgan fingerprint density at radius 3 is 2.57 bits per heavy atom. The maximum absolute atomic E-state index is 12.0. The molecule has 1 aromatic rings. The Labute approximate surface area is 121 Å². The number of esters is 1. The Morgan fingerprint density at radius 2 is 2.05 bits per heavy atom. The molecule has 1 heterocycles. The number of carbonyl (C=O) groups excluding carboxylic acids is 2. The standard InChI is InChI=1S/C14H16N2O5/c1-9(10-3-5-11(6-4-10)16(19)20)15-12(14(18)21-2)7-8-13(15)17/h3-6,9,12H,7-8H2,1-2H3.